The molecule has 3 unspecified atom stereocenters. The van der Waals surface area contributed by atoms with E-state index in [2.05, 4.69) is 99.0 Å². The zero-order valence-corrected chi connectivity index (χ0v) is 53.2. The number of phosphoric acid groups is 1. The molecule has 458 valence electrons. The Hall–Kier alpha value is -2.81. The van der Waals surface area contributed by atoms with Gasteiger partial charge in [0.15, 0.2) is 0 Å². The van der Waals surface area contributed by atoms with Gasteiger partial charge in [0.1, 0.15) is 19.3 Å². The zero-order chi connectivity index (χ0) is 57.9. The lowest BCUT2D eigenvalue weighted by molar-refractivity contribution is -0.870. The molecule has 0 fully saturated rings. The first-order valence-corrected chi connectivity index (χ1v) is 34.4. The quantitative estimate of drug-likeness (QED) is 0.0205. The van der Waals surface area contributed by atoms with E-state index in [1.807, 2.05) is 33.3 Å². The van der Waals surface area contributed by atoms with Crippen molar-refractivity contribution in [2.75, 3.05) is 40.9 Å². The number of carbonyl (C=O) groups is 2. The minimum Gasteiger partial charge on any atom is -0.456 e. The molecule has 0 bridgehead atoms. The summed E-state index contributed by atoms with van der Waals surface area (Å²) in [4.78, 5) is 37.7. The fourth-order valence-electron chi connectivity index (χ4n) is 9.19. The maximum absolute atomic E-state index is 13.6. The lowest BCUT2D eigenvalue weighted by atomic mass is 10.0. The number of nitrogens with zero attached hydrogens (tertiary/aromatic N) is 1. The highest BCUT2D eigenvalue weighted by Gasteiger charge is 2.30. The topological polar surface area (TPSA) is 111 Å². The number of ether oxygens (including phenoxy) is 1. The van der Waals surface area contributed by atoms with Crippen LogP contribution in [0, 0.1) is 0 Å². The van der Waals surface area contributed by atoms with Gasteiger partial charge in [-0.15, -0.1) is 0 Å². The number of allylic oxidation sites excluding steroid dienone is 13. The third kappa shape index (κ3) is 59.6. The Balaban J connectivity index is 5.12. The fourth-order valence-corrected chi connectivity index (χ4v) is 9.93. The number of rotatable bonds is 59. The summed E-state index contributed by atoms with van der Waals surface area (Å²) < 4.78 is 30.7. The number of carbonyl (C=O) groups excluding carboxylic acids is 2. The number of likely N-dealkylation sites (N-methyl/N-ethyl adjacent to an activating group) is 1. The predicted molar refractivity (Wildman–Crippen MR) is 341 cm³/mol. The molecule has 0 aliphatic heterocycles. The zero-order valence-electron chi connectivity index (χ0n) is 52.3. The van der Waals surface area contributed by atoms with E-state index in [0.717, 1.165) is 89.9 Å². The van der Waals surface area contributed by atoms with Crippen LogP contribution in [-0.2, 0) is 27.9 Å². The molecule has 0 heterocycles. The molecule has 0 radical (unpaired) electrons. The Bertz CT molecular complexity index is 1630. The van der Waals surface area contributed by atoms with Crippen LogP contribution >= 0.6 is 7.82 Å². The normalized spacial score (nSPS) is 14.2. The number of hydrogen-bond donors (Lipinski definition) is 2. The molecule has 0 aliphatic rings. The highest BCUT2D eigenvalue weighted by Crippen LogP contribution is 2.43. The van der Waals surface area contributed by atoms with Gasteiger partial charge in [-0.3, -0.25) is 18.6 Å². The second-order valence-corrected chi connectivity index (χ2v) is 24.7. The summed E-state index contributed by atoms with van der Waals surface area (Å²) in [5.41, 5.74) is 0. The summed E-state index contributed by atoms with van der Waals surface area (Å²) in [6, 6.07) is -0.862. The van der Waals surface area contributed by atoms with E-state index in [1.54, 1.807) is 0 Å². The van der Waals surface area contributed by atoms with Crippen LogP contribution in [0.2, 0.25) is 0 Å². The van der Waals surface area contributed by atoms with Crippen molar-refractivity contribution in [2.24, 2.45) is 0 Å². The average Bonchev–Trinajstić information content (AvgIpc) is 3.41. The first-order valence-electron chi connectivity index (χ1n) is 32.9. The number of unbranched alkanes of at least 4 members (excludes halogenated alkanes) is 31. The van der Waals surface area contributed by atoms with Crippen molar-refractivity contribution >= 4 is 19.7 Å². The average molecular weight is 1130 g/mol. The molecule has 0 saturated carbocycles. The molecule has 0 rings (SSSR count). The number of amides is 1. The SMILES string of the molecule is CCCCC/C=C\C/C=C\C/C=C\CCCCCCCCCCCCCCC(=O)NC(COP(=O)(O)OCC[N+](C)(C)C)C(/C=C\CCCCCCCCCCC)OC(=O)CCCCCC/C=C\C/C=C\C/C=C\CCCCC. The molecular formula is C69H126N2O7P+. The predicted octanol–water partition coefficient (Wildman–Crippen LogP) is 20.6. The number of phosphoric ester groups is 1. The van der Waals surface area contributed by atoms with Gasteiger partial charge in [-0.2, -0.15) is 0 Å². The second-order valence-electron chi connectivity index (χ2n) is 23.3. The Morgan fingerprint density at radius 1 is 0.443 bits per heavy atom. The van der Waals surface area contributed by atoms with Gasteiger partial charge >= 0.3 is 13.8 Å². The van der Waals surface area contributed by atoms with Crippen molar-refractivity contribution in [1.29, 1.82) is 0 Å². The lowest BCUT2D eigenvalue weighted by Gasteiger charge is -2.27. The number of quaternary nitrogens is 1. The summed E-state index contributed by atoms with van der Waals surface area (Å²) in [7, 11) is 1.48. The van der Waals surface area contributed by atoms with Gasteiger partial charge < -0.3 is 19.4 Å². The Labute approximate surface area is 488 Å². The molecule has 9 nitrogen and oxygen atoms in total. The first-order chi connectivity index (χ1) is 38.4. The third-order valence-electron chi connectivity index (χ3n) is 14.3. The molecular weight excluding hydrogens is 1000 g/mol. The van der Waals surface area contributed by atoms with E-state index in [4.69, 9.17) is 13.8 Å². The van der Waals surface area contributed by atoms with Crippen LogP contribution in [0.5, 0.6) is 0 Å². The van der Waals surface area contributed by atoms with E-state index in [-0.39, 0.29) is 31.5 Å². The highest BCUT2D eigenvalue weighted by molar-refractivity contribution is 7.47. The number of nitrogens with one attached hydrogen (secondary N) is 1. The molecule has 0 aliphatic carbocycles. The highest BCUT2D eigenvalue weighted by atomic mass is 31.2. The Morgan fingerprint density at radius 3 is 1.18 bits per heavy atom. The van der Waals surface area contributed by atoms with Crippen LogP contribution in [-0.4, -0.2) is 74.3 Å². The molecule has 1 amide bonds. The van der Waals surface area contributed by atoms with Crippen LogP contribution in [0.15, 0.2) is 85.1 Å². The summed E-state index contributed by atoms with van der Waals surface area (Å²) in [5, 5.41) is 3.05. The van der Waals surface area contributed by atoms with E-state index < -0.39 is 20.0 Å². The van der Waals surface area contributed by atoms with Crippen LogP contribution in [0.3, 0.4) is 0 Å². The lowest BCUT2D eigenvalue weighted by Crippen LogP contribution is -2.47. The van der Waals surface area contributed by atoms with Crippen molar-refractivity contribution in [3.05, 3.63) is 85.1 Å². The van der Waals surface area contributed by atoms with Crippen molar-refractivity contribution in [2.45, 2.75) is 303 Å². The standard InChI is InChI=1S/C69H125N2O7P/c1-7-10-13-16-19-22-25-27-29-31-32-33-34-35-36-37-38-40-41-43-46-49-52-55-58-61-68(72)70-66(65-77-79(74,75)76-64-63-71(4,5)6)67(60-57-54-51-48-45-24-21-18-15-12-9-3)78-69(73)62-59-56-53-50-47-44-42-39-30-28-26-23-20-17-14-11-8-2/h19-20,22-23,27-30,32-33,42,44,57,60,66-67H,7-18,21,24-26,31,34-41,43,45-56,58-59,61-65H2,1-6H3,(H-,70,72,74,75)/p+1/b22-19-,23-20-,29-27-,30-28-,33-32-,44-42-,60-57-. The number of esters is 1. The van der Waals surface area contributed by atoms with Crippen LogP contribution < -0.4 is 5.32 Å². The minimum atomic E-state index is -4.46. The van der Waals surface area contributed by atoms with Crippen LogP contribution in [0.25, 0.3) is 0 Å². The molecule has 0 saturated heterocycles. The van der Waals surface area contributed by atoms with Crippen LogP contribution in [0.1, 0.15) is 290 Å². The van der Waals surface area contributed by atoms with E-state index in [9.17, 15) is 19.0 Å². The van der Waals surface area contributed by atoms with Gasteiger partial charge in [-0.05, 0) is 109 Å². The van der Waals surface area contributed by atoms with Gasteiger partial charge in [0.05, 0.1) is 33.8 Å². The third-order valence-corrected chi connectivity index (χ3v) is 15.3. The van der Waals surface area contributed by atoms with Crippen LogP contribution in [0.4, 0.5) is 0 Å². The fraction of sp³-hybridized carbons (Fsp3) is 0.768. The van der Waals surface area contributed by atoms with Crippen molar-refractivity contribution in [3.8, 4) is 0 Å². The summed E-state index contributed by atoms with van der Waals surface area (Å²) in [5.74, 6) is -0.531. The molecule has 0 aromatic rings. The summed E-state index contributed by atoms with van der Waals surface area (Å²) >= 11 is 0. The monoisotopic (exact) mass is 1130 g/mol. The minimum absolute atomic E-state index is 0.0333. The first kappa shape index (κ1) is 76.2. The summed E-state index contributed by atoms with van der Waals surface area (Å²) in [6.07, 6.45) is 77.3. The molecule has 0 spiro atoms. The molecule has 79 heavy (non-hydrogen) atoms. The molecule has 0 aromatic carbocycles. The second kappa shape index (κ2) is 58.4. The molecule has 3 atom stereocenters. The van der Waals surface area contributed by atoms with E-state index in [1.165, 1.54) is 161 Å². The molecule has 0 aromatic heterocycles. The van der Waals surface area contributed by atoms with Gasteiger partial charge in [0.2, 0.25) is 5.91 Å². The van der Waals surface area contributed by atoms with E-state index in [0.29, 0.717) is 23.9 Å². The van der Waals surface area contributed by atoms with E-state index >= 15 is 0 Å². The van der Waals surface area contributed by atoms with Gasteiger partial charge in [0, 0.05) is 12.8 Å². The Morgan fingerprint density at radius 2 is 0.772 bits per heavy atom. The van der Waals surface area contributed by atoms with Gasteiger partial charge in [-0.1, -0.05) is 254 Å². The molecule has 2 N–H and O–H groups in total. The van der Waals surface area contributed by atoms with Crippen molar-refractivity contribution in [1.82, 2.24) is 5.32 Å². The Kier molecular flexibility index (Phi) is 56.3. The maximum Gasteiger partial charge on any atom is 0.472 e. The van der Waals surface area contributed by atoms with Gasteiger partial charge in [0.25, 0.3) is 0 Å². The smallest absolute Gasteiger partial charge is 0.456 e. The number of hydrogen-bond acceptors (Lipinski definition) is 6. The molecule has 10 heteroatoms. The largest absolute Gasteiger partial charge is 0.472 e. The van der Waals surface area contributed by atoms with Crippen molar-refractivity contribution in [3.63, 3.8) is 0 Å². The maximum atomic E-state index is 13.6. The van der Waals surface area contributed by atoms with Crippen molar-refractivity contribution < 1.29 is 37.3 Å². The summed E-state index contributed by atoms with van der Waals surface area (Å²) in [6.45, 7) is 6.95. The van der Waals surface area contributed by atoms with Gasteiger partial charge in [-0.25, -0.2) is 4.57 Å².